The average molecular weight is 377 g/mol. The summed E-state index contributed by atoms with van der Waals surface area (Å²) in [5.74, 6) is -0.964. The first-order valence-corrected chi connectivity index (χ1v) is 7.93. The Morgan fingerprint density at radius 3 is 2.35 bits per heavy atom. The number of hydrogen-bond donors (Lipinski definition) is 3. The Kier molecular flexibility index (Phi) is 6.17. The van der Waals surface area contributed by atoms with Gasteiger partial charge in [0.25, 0.3) is 0 Å². The number of hydrogen-bond acceptors (Lipinski definition) is 2. The molecule has 0 aromatic heterocycles. The highest BCUT2D eigenvalue weighted by atomic mass is 79.9. The number of aromatic carboxylic acids is 1. The molecule has 2 amide bonds. The van der Waals surface area contributed by atoms with E-state index in [1.54, 1.807) is 12.1 Å². The number of halogens is 1. The number of carbonyl (C=O) groups excluding carboxylic acids is 1. The number of nitrogens with one attached hydrogen (secondary N) is 2. The van der Waals surface area contributed by atoms with Gasteiger partial charge in [0.05, 0.1) is 5.56 Å². The second-order valence-electron chi connectivity index (χ2n) is 4.95. The van der Waals surface area contributed by atoms with E-state index >= 15 is 0 Å². The molecule has 0 saturated carbocycles. The molecule has 0 atom stereocenters. The van der Waals surface area contributed by atoms with E-state index < -0.39 is 5.97 Å². The third kappa shape index (κ3) is 5.41. The van der Waals surface area contributed by atoms with Crippen LogP contribution in [0.1, 0.15) is 21.5 Å². The third-order valence-corrected chi connectivity index (χ3v) is 4.07. The quantitative estimate of drug-likeness (QED) is 0.724. The summed E-state index contributed by atoms with van der Waals surface area (Å²) in [7, 11) is 0. The van der Waals surface area contributed by atoms with Crippen molar-refractivity contribution in [3.8, 4) is 0 Å². The maximum Gasteiger partial charge on any atom is 0.335 e. The van der Waals surface area contributed by atoms with Gasteiger partial charge in [-0.05, 0) is 35.7 Å². The average Bonchev–Trinajstić information content (AvgIpc) is 2.55. The molecule has 2 aromatic rings. The van der Waals surface area contributed by atoms with Gasteiger partial charge in [0.2, 0.25) is 0 Å². The lowest BCUT2D eigenvalue weighted by molar-refractivity contribution is 0.0697. The summed E-state index contributed by atoms with van der Waals surface area (Å²) < 4.78 is 1.03. The maximum atomic E-state index is 11.7. The van der Waals surface area contributed by atoms with Crippen molar-refractivity contribution in [3.05, 3.63) is 69.7 Å². The van der Waals surface area contributed by atoms with Crippen molar-refractivity contribution in [1.29, 1.82) is 0 Å². The largest absolute Gasteiger partial charge is 0.478 e. The molecule has 0 saturated heterocycles. The van der Waals surface area contributed by atoms with Crippen LogP contribution in [-0.2, 0) is 13.0 Å². The van der Waals surface area contributed by atoms with Crippen LogP contribution >= 0.6 is 15.9 Å². The second kappa shape index (κ2) is 8.33. The monoisotopic (exact) mass is 376 g/mol. The highest BCUT2D eigenvalue weighted by Gasteiger charge is 2.04. The molecule has 6 heteroatoms. The lowest BCUT2D eigenvalue weighted by Crippen LogP contribution is -2.36. The first-order valence-electron chi connectivity index (χ1n) is 7.13. The molecule has 0 heterocycles. The number of amides is 2. The number of carbonyl (C=O) groups is 2. The molecular formula is C17H17BrN2O3. The molecule has 0 aliphatic rings. The SMILES string of the molecule is O=C(NCCc1ccccc1Br)NCc1ccc(C(=O)O)cc1. The van der Waals surface area contributed by atoms with E-state index in [4.69, 9.17) is 5.11 Å². The molecular weight excluding hydrogens is 360 g/mol. The van der Waals surface area contributed by atoms with Gasteiger partial charge in [-0.3, -0.25) is 0 Å². The lowest BCUT2D eigenvalue weighted by atomic mass is 10.1. The van der Waals surface area contributed by atoms with E-state index in [2.05, 4.69) is 26.6 Å². The summed E-state index contributed by atoms with van der Waals surface area (Å²) in [4.78, 5) is 22.5. The zero-order valence-corrected chi connectivity index (χ0v) is 14.0. The Hall–Kier alpha value is -2.34. The summed E-state index contributed by atoms with van der Waals surface area (Å²) >= 11 is 3.47. The van der Waals surface area contributed by atoms with Gasteiger partial charge in [0.15, 0.2) is 0 Å². The third-order valence-electron chi connectivity index (χ3n) is 3.29. The number of rotatable bonds is 6. The molecule has 0 fully saturated rings. The number of carboxylic acids is 1. The highest BCUT2D eigenvalue weighted by molar-refractivity contribution is 9.10. The summed E-state index contributed by atoms with van der Waals surface area (Å²) in [6.45, 7) is 0.882. The van der Waals surface area contributed by atoms with E-state index in [9.17, 15) is 9.59 Å². The van der Waals surface area contributed by atoms with E-state index in [1.807, 2.05) is 24.3 Å². The Morgan fingerprint density at radius 1 is 1.00 bits per heavy atom. The van der Waals surface area contributed by atoms with E-state index in [0.717, 1.165) is 22.0 Å². The van der Waals surface area contributed by atoms with Crippen molar-refractivity contribution >= 4 is 27.9 Å². The van der Waals surface area contributed by atoms with Gasteiger partial charge >= 0.3 is 12.0 Å². The van der Waals surface area contributed by atoms with Crippen molar-refractivity contribution in [3.63, 3.8) is 0 Å². The molecule has 5 nitrogen and oxygen atoms in total. The van der Waals surface area contributed by atoms with E-state index in [-0.39, 0.29) is 11.6 Å². The predicted octanol–water partition coefficient (Wildman–Crippen LogP) is 3.19. The molecule has 0 aliphatic carbocycles. The van der Waals surface area contributed by atoms with Gasteiger partial charge < -0.3 is 15.7 Å². The Bertz CT molecular complexity index is 686. The molecule has 0 spiro atoms. The van der Waals surface area contributed by atoms with E-state index in [1.165, 1.54) is 12.1 Å². The first kappa shape index (κ1) is 17.0. The maximum absolute atomic E-state index is 11.7. The fourth-order valence-corrected chi connectivity index (χ4v) is 2.50. The van der Waals surface area contributed by atoms with Crippen molar-refractivity contribution in [2.75, 3.05) is 6.54 Å². The van der Waals surface area contributed by atoms with Crippen LogP contribution in [0, 0.1) is 0 Å². The number of urea groups is 1. The van der Waals surface area contributed by atoms with Crippen LogP contribution in [-0.4, -0.2) is 23.7 Å². The standard InChI is InChI=1S/C17H17BrN2O3/c18-15-4-2-1-3-13(15)9-10-19-17(23)20-11-12-5-7-14(8-6-12)16(21)22/h1-8H,9-11H2,(H,21,22)(H2,19,20,23). The molecule has 0 bridgehead atoms. The topological polar surface area (TPSA) is 78.4 Å². The zero-order chi connectivity index (χ0) is 16.7. The molecule has 3 N–H and O–H groups in total. The molecule has 0 radical (unpaired) electrons. The van der Waals surface area contributed by atoms with Gasteiger partial charge in [0.1, 0.15) is 0 Å². The van der Waals surface area contributed by atoms with Crippen molar-refractivity contribution in [1.82, 2.24) is 10.6 Å². The van der Waals surface area contributed by atoms with Crippen LogP contribution in [0.3, 0.4) is 0 Å². The highest BCUT2D eigenvalue weighted by Crippen LogP contribution is 2.15. The van der Waals surface area contributed by atoms with Crippen molar-refractivity contribution < 1.29 is 14.7 Å². The summed E-state index contributed by atoms with van der Waals surface area (Å²) in [5, 5.41) is 14.4. The van der Waals surface area contributed by atoms with E-state index in [0.29, 0.717) is 13.1 Å². The lowest BCUT2D eigenvalue weighted by Gasteiger charge is -2.09. The molecule has 2 rings (SSSR count). The summed E-state index contributed by atoms with van der Waals surface area (Å²) in [6, 6.07) is 14.0. The Morgan fingerprint density at radius 2 is 1.70 bits per heavy atom. The number of benzene rings is 2. The van der Waals surface area contributed by atoms with Crippen LogP contribution in [0.25, 0.3) is 0 Å². The summed E-state index contributed by atoms with van der Waals surface area (Å²) in [5.41, 5.74) is 2.21. The van der Waals surface area contributed by atoms with Crippen LogP contribution in [0.4, 0.5) is 4.79 Å². The van der Waals surface area contributed by atoms with Gasteiger partial charge in [-0.1, -0.05) is 46.3 Å². The minimum absolute atomic E-state index is 0.228. The minimum atomic E-state index is -0.964. The van der Waals surface area contributed by atoms with Crippen LogP contribution in [0.2, 0.25) is 0 Å². The molecule has 0 aliphatic heterocycles. The predicted molar refractivity (Wildman–Crippen MR) is 91.5 cm³/mol. The van der Waals surface area contributed by atoms with Gasteiger partial charge in [0, 0.05) is 17.6 Å². The fraction of sp³-hybridized carbons (Fsp3) is 0.176. The smallest absolute Gasteiger partial charge is 0.335 e. The van der Waals surface area contributed by atoms with Gasteiger partial charge in [-0.15, -0.1) is 0 Å². The zero-order valence-electron chi connectivity index (χ0n) is 12.4. The molecule has 23 heavy (non-hydrogen) atoms. The molecule has 2 aromatic carbocycles. The van der Waals surface area contributed by atoms with Crippen LogP contribution in [0.15, 0.2) is 53.0 Å². The van der Waals surface area contributed by atoms with Crippen molar-refractivity contribution in [2.45, 2.75) is 13.0 Å². The minimum Gasteiger partial charge on any atom is -0.478 e. The van der Waals surface area contributed by atoms with Crippen molar-refractivity contribution in [2.24, 2.45) is 0 Å². The fourth-order valence-electron chi connectivity index (χ4n) is 2.02. The second-order valence-corrected chi connectivity index (χ2v) is 5.81. The Labute approximate surface area is 142 Å². The Balaban J connectivity index is 1.73. The number of carboxylic acid groups (broad SMARTS) is 1. The van der Waals surface area contributed by atoms with Crippen LogP contribution < -0.4 is 10.6 Å². The van der Waals surface area contributed by atoms with Gasteiger partial charge in [-0.25, -0.2) is 9.59 Å². The van der Waals surface area contributed by atoms with Gasteiger partial charge in [-0.2, -0.15) is 0 Å². The summed E-state index contributed by atoms with van der Waals surface area (Å²) in [6.07, 6.45) is 0.738. The first-order chi connectivity index (χ1) is 11.1. The molecule has 120 valence electrons. The normalized spacial score (nSPS) is 10.1. The van der Waals surface area contributed by atoms with Crippen LogP contribution in [0.5, 0.6) is 0 Å². The molecule has 0 unspecified atom stereocenters.